The van der Waals surface area contributed by atoms with Gasteiger partial charge >= 0.3 is 0 Å². The number of aliphatic hydroxyl groups is 1. The van der Waals surface area contributed by atoms with E-state index in [4.69, 9.17) is 5.11 Å². The summed E-state index contributed by atoms with van der Waals surface area (Å²) >= 11 is 3.51. The molecule has 6 rings (SSSR count). The Labute approximate surface area is 352 Å². The van der Waals surface area contributed by atoms with E-state index in [-0.39, 0.29) is 0 Å². The van der Waals surface area contributed by atoms with E-state index < -0.39 is 20.0 Å². The first-order valence-corrected chi connectivity index (χ1v) is 24.6. The highest BCUT2D eigenvalue weighted by molar-refractivity contribution is 9.09. The predicted molar refractivity (Wildman–Crippen MR) is 243 cm³/mol. The van der Waals surface area contributed by atoms with E-state index in [1.807, 2.05) is 66.7 Å². The Morgan fingerprint density at radius 1 is 0.667 bits per heavy atom. The maximum atomic E-state index is 12.4. The second kappa shape index (κ2) is 25.3. The average molecular weight is 886 g/mol. The molecule has 0 spiro atoms. The van der Waals surface area contributed by atoms with Crippen molar-refractivity contribution < 1.29 is 21.9 Å². The summed E-state index contributed by atoms with van der Waals surface area (Å²) in [4.78, 5) is 3.10. The molecule has 0 aliphatic carbocycles. The van der Waals surface area contributed by atoms with Crippen LogP contribution in [-0.2, 0) is 32.9 Å². The van der Waals surface area contributed by atoms with E-state index in [2.05, 4.69) is 94.6 Å². The SMILES string of the molecule is CC(Br)Cc1ccccc1.CC(Cc1ccccc1)N1CCCC(CN(c2ccccc2)S(C)(=O)=O)C1.CO.CS(=O)(=O)N(CC1CCCNC1)c1ccccc1. The molecule has 0 radical (unpaired) electrons. The molecule has 12 heteroatoms. The first-order valence-electron chi connectivity index (χ1n) is 20.0. The van der Waals surface area contributed by atoms with Gasteiger partial charge in [-0.1, -0.05) is 120 Å². The molecule has 2 saturated heterocycles. The second-order valence-electron chi connectivity index (χ2n) is 15.0. The van der Waals surface area contributed by atoms with Crippen LogP contribution >= 0.6 is 15.9 Å². The summed E-state index contributed by atoms with van der Waals surface area (Å²) in [7, 11) is -5.50. The molecule has 2 fully saturated rings. The number of nitrogens with zero attached hydrogens (tertiary/aromatic N) is 3. The number of anilines is 2. The number of likely N-dealkylation sites (tertiary alicyclic amines) is 1. The maximum Gasteiger partial charge on any atom is 0.232 e. The topological polar surface area (TPSA) is 110 Å². The first kappa shape index (κ1) is 48.1. The lowest BCUT2D eigenvalue weighted by atomic mass is 9.95. The van der Waals surface area contributed by atoms with Crippen molar-refractivity contribution >= 4 is 47.4 Å². The number of rotatable bonds is 13. The fraction of sp³-hybridized carbons (Fsp3) is 0.467. The first-order chi connectivity index (χ1) is 27.3. The van der Waals surface area contributed by atoms with Crippen LogP contribution in [0, 0.1) is 11.8 Å². The molecule has 2 aliphatic rings. The molecule has 314 valence electrons. The molecular weight excluding hydrogens is 821 g/mol. The molecule has 4 aromatic carbocycles. The molecule has 4 atom stereocenters. The Balaban J connectivity index is 0.000000249. The maximum absolute atomic E-state index is 12.4. The molecule has 0 saturated carbocycles. The molecular formula is C45H65BrN4O5S2. The van der Waals surface area contributed by atoms with E-state index in [1.54, 1.807) is 4.31 Å². The molecule has 2 aliphatic heterocycles. The molecule has 9 nitrogen and oxygen atoms in total. The van der Waals surface area contributed by atoms with Gasteiger partial charge in [0.2, 0.25) is 20.0 Å². The third kappa shape index (κ3) is 18.0. The van der Waals surface area contributed by atoms with Crippen LogP contribution in [0.4, 0.5) is 11.4 Å². The van der Waals surface area contributed by atoms with Gasteiger partial charge in [0.05, 0.1) is 23.9 Å². The summed E-state index contributed by atoms with van der Waals surface area (Å²) in [5.74, 6) is 0.751. The molecule has 0 amide bonds. The van der Waals surface area contributed by atoms with Gasteiger partial charge in [-0.25, -0.2) is 16.8 Å². The van der Waals surface area contributed by atoms with E-state index in [0.29, 0.717) is 35.8 Å². The minimum absolute atomic E-state index is 0.354. The monoisotopic (exact) mass is 884 g/mol. The van der Waals surface area contributed by atoms with E-state index in [0.717, 1.165) is 83.2 Å². The smallest absolute Gasteiger partial charge is 0.232 e. The number of aliphatic hydroxyl groups excluding tert-OH is 1. The van der Waals surface area contributed by atoms with Gasteiger partial charge in [0.15, 0.2) is 0 Å². The van der Waals surface area contributed by atoms with Crippen molar-refractivity contribution in [1.82, 2.24) is 10.2 Å². The van der Waals surface area contributed by atoms with Crippen molar-refractivity contribution in [2.24, 2.45) is 11.8 Å². The summed E-state index contributed by atoms with van der Waals surface area (Å²) in [5, 5.41) is 10.3. The normalized spacial score (nSPS) is 18.2. The van der Waals surface area contributed by atoms with Gasteiger partial charge in [-0.3, -0.25) is 13.5 Å². The van der Waals surface area contributed by atoms with Crippen LogP contribution in [0.3, 0.4) is 0 Å². The second-order valence-corrected chi connectivity index (χ2v) is 20.4. The van der Waals surface area contributed by atoms with Gasteiger partial charge < -0.3 is 10.4 Å². The zero-order valence-corrected chi connectivity index (χ0v) is 37.7. The number of para-hydroxylation sites is 2. The van der Waals surface area contributed by atoms with Crippen LogP contribution < -0.4 is 13.9 Å². The van der Waals surface area contributed by atoms with Crippen LogP contribution in [0.1, 0.15) is 50.7 Å². The third-order valence-corrected chi connectivity index (χ3v) is 12.7. The molecule has 0 bridgehead atoms. The fourth-order valence-corrected chi connectivity index (χ4v) is 9.62. The number of sulfonamides is 2. The molecule has 2 N–H and O–H groups in total. The zero-order chi connectivity index (χ0) is 41.7. The number of nitrogens with one attached hydrogen (secondary N) is 1. The summed E-state index contributed by atoms with van der Waals surface area (Å²) in [6.45, 7) is 9.54. The van der Waals surface area contributed by atoms with Crippen LogP contribution in [-0.4, -0.2) is 96.6 Å². The highest BCUT2D eigenvalue weighted by Gasteiger charge is 2.28. The molecule has 2 heterocycles. The Kier molecular flexibility index (Phi) is 21.3. The van der Waals surface area contributed by atoms with E-state index in [9.17, 15) is 16.8 Å². The lowest BCUT2D eigenvalue weighted by Gasteiger charge is -2.38. The average Bonchev–Trinajstić information content (AvgIpc) is 3.21. The number of piperidine rings is 2. The summed E-state index contributed by atoms with van der Waals surface area (Å²) in [6, 6.07) is 40.3. The third-order valence-electron chi connectivity index (χ3n) is 10.0. The minimum Gasteiger partial charge on any atom is -0.400 e. The molecule has 4 aromatic rings. The van der Waals surface area contributed by atoms with Gasteiger partial charge in [-0.05, 0) is 112 Å². The number of halogens is 1. The lowest BCUT2D eigenvalue weighted by molar-refractivity contribution is 0.134. The van der Waals surface area contributed by atoms with Gasteiger partial charge in [-0.2, -0.15) is 0 Å². The highest BCUT2D eigenvalue weighted by Crippen LogP contribution is 2.26. The summed E-state index contributed by atoms with van der Waals surface area (Å²) in [6.07, 6.45) is 9.13. The van der Waals surface area contributed by atoms with Crippen molar-refractivity contribution in [2.75, 3.05) is 67.5 Å². The van der Waals surface area contributed by atoms with Gasteiger partial charge in [-0.15, -0.1) is 0 Å². The molecule has 4 unspecified atom stereocenters. The van der Waals surface area contributed by atoms with Crippen LogP contribution in [0.5, 0.6) is 0 Å². The molecule has 57 heavy (non-hydrogen) atoms. The Morgan fingerprint density at radius 2 is 1.09 bits per heavy atom. The van der Waals surface area contributed by atoms with Crippen molar-refractivity contribution in [2.45, 2.75) is 63.2 Å². The fourth-order valence-electron chi connectivity index (χ4n) is 7.27. The van der Waals surface area contributed by atoms with Crippen LogP contribution in [0.2, 0.25) is 0 Å². The predicted octanol–water partition coefficient (Wildman–Crippen LogP) is 7.87. The largest absolute Gasteiger partial charge is 0.400 e. The minimum atomic E-state index is -3.29. The summed E-state index contributed by atoms with van der Waals surface area (Å²) < 4.78 is 51.7. The standard InChI is InChI=1S/C22H30N2O2S.C13H20N2O2S.C9H11Br.CH4O/c1-19(16-20-10-5-3-6-11-20)23-15-9-12-21(17-23)18-24(27(2,25)26)22-13-7-4-8-14-22;1-18(16,17)15(13-7-3-2-4-8-13)11-12-6-5-9-14-10-12;1-8(10)7-9-5-3-2-4-6-9;1-2/h3-8,10-11,13-14,19,21H,9,12,15-18H2,1-2H3;2-4,7-8,12,14H,5-6,9-11H2,1H3;2-6,8H,7H2,1H3;2H,1H3. The van der Waals surface area contributed by atoms with Crippen molar-refractivity contribution in [3.63, 3.8) is 0 Å². The Morgan fingerprint density at radius 3 is 1.51 bits per heavy atom. The highest BCUT2D eigenvalue weighted by atomic mass is 79.9. The Bertz CT molecular complexity index is 1870. The van der Waals surface area contributed by atoms with E-state index >= 15 is 0 Å². The van der Waals surface area contributed by atoms with Crippen molar-refractivity contribution in [3.05, 3.63) is 132 Å². The van der Waals surface area contributed by atoms with Crippen LogP contribution in [0.15, 0.2) is 121 Å². The zero-order valence-electron chi connectivity index (χ0n) is 34.5. The quantitative estimate of drug-likeness (QED) is 0.132. The van der Waals surface area contributed by atoms with Gasteiger partial charge in [0, 0.05) is 37.6 Å². The van der Waals surface area contributed by atoms with E-state index in [1.165, 1.54) is 27.9 Å². The molecule has 0 aromatic heterocycles. The Hall–Kier alpha value is -3.26. The number of alkyl halides is 1. The number of benzene rings is 4. The lowest BCUT2D eigenvalue weighted by Crippen LogP contribution is -2.46. The van der Waals surface area contributed by atoms with Gasteiger partial charge in [0.25, 0.3) is 0 Å². The number of hydrogen-bond donors (Lipinski definition) is 2. The van der Waals surface area contributed by atoms with Gasteiger partial charge in [0.1, 0.15) is 0 Å². The summed E-state index contributed by atoms with van der Waals surface area (Å²) in [5.41, 5.74) is 4.26. The van der Waals surface area contributed by atoms with Crippen LogP contribution in [0.25, 0.3) is 0 Å². The van der Waals surface area contributed by atoms with Crippen molar-refractivity contribution in [3.8, 4) is 0 Å². The van der Waals surface area contributed by atoms with Crippen molar-refractivity contribution in [1.29, 1.82) is 0 Å². The number of hydrogen-bond acceptors (Lipinski definition) is 7.